The highest BCUT2D eigenvalue weighted by molar-refractivity contribution is 6.30. The lowest BCUT2D eigenvalue weighted by Gasteiger charge is -2.17. The summed E-state index contributed by atoms with van der Waals surface area (Å²) in [5.41, 5.74) is 1.24. The Hall–Kier alpha value is -1.12. The van der Waals surface area contributed by atoms with Crippen LogP contribution >= 0.6 is 11.6 Å². The van der Waals surface area contributed by atoms with Gasteiger partial charge in [0, 0.05) is 17.0 Å². The smallest absolute Gasteiger partial charge is 0.161 e. The van der Waals surface area contributed by atoms with Gasteiger partial charge in [0.15, 0.2) is 5.78 Å². The van der Waals surface area contributed by atoms with Crippen LogP contribution in [0.2, 0.25) is 5.02 Å². The van der Waals surface area contributed by atoms with E-state index < -0.39 is 6.10 Å². The number of aliphatic hydroxyl groups excluding tert-OH is 1. The molecule has 1 aliphatic carbocycles. The summed E-state index contributed by atoms with van der Waals surface area (Å²) in [6, 6.07) is 6.92. The molecule has 1 aromatic carbocycles. The van der Waals surface area contributed by atoms with Crippen molar-refractivity contribution < 1.29 is 9.90 Å². The van der Waals surface area contributed by atoms with E-state index in [9.17, 15) is 9.90 Å². The van der Waals surface area contributed by atoms with Gasteiger partial charge in [-0.15, -0.1) is 0 Å². The van der Waals surface area contributed by atoms with Crippen LogP contribution in [0.15, 0.2) is 35.9 Å². The predicted octanol–water partition coefficient (Wildman–Crippen LogP) is 3.05. The van der Waals surface area contributed by atoms with Crippen molar-refractivity contribution in [1.29, 1.82) is 0 Å². The summed E-state index contributed by atoms with van der Waals surface area (Å²) in [5.74, 6) is 0.0497. The monoisotopic (exact) mass is 236 g/mol. The molecule has 0 saturated carbocycles. The summed E-state index contributed by atoms with van der Waals surface area (Å²) in [7, 11) is 0. The average molecular weight is 237 g/mol. The van der Waals surface area contributed by atoms with E-state index in [1.54, 1.807) is 24.3 Å². The topological polar surface area (TPSA) is 37.3 Å². The van der Waals surface area contributed by atoms with Gasteiger partial charge in [-0.25, -0.2) is 0 Å². The molecule has 1 N–H and O–H groups in total. The molecule has 0 heterocycles. The zero-order valence-electron chi connectivity index (χ0n) is 8.82. The third-order valence-electron chi connectivity index (χ3n) is 2.77. The first-order valence-corrected chi connectivity index (χ1v) is 5.73. The normalized spacial score (nSPS) is 18.1. The van der Waals surface area contributed by atoms with Gasteiger partial charge in [-0.05, 0) is 30.5 Å². The lowest BCUT2D eigenvalue weighted by molar-refractivity contribution is -0.117. The van der Waals surface area contributed by atoms with Crippen LogP contribution in [0.4, 0.5) is 0 Å². The molecule has 0 radical (unpaired) electrons. The Labute approximate surface area is 99.5 Å². The first-order chi connectivity index (χ1) is 7.68. The van der Waals surface area contributed by atoms with Gasteiger partial charge in [-0.2, -0.15) is 0 Å². The van der Waals surface area contributed by atoms with Gasteiger partial charge in [0.05, 0.1) is 0 Å². The first kappa shape index (κ1) is 11.4. The highest BCUT2D eigenvalue weighted by Crippen LogP contribution is 2.28. The Morgan fingerprint density at radius 3 is 2.56 bits per heavy atom. The van der Waals surface area contributed by atoms with Crippen molar-refractivity contribution in [1.82, 2.24) is 0 Å². The molecular weight excluding hydrogens is 224 g/mol. The zero-order chi connectivity index (χ0) is 11.5. The number of allylic oxidation sites excluding steroid dienone is 1. The summed E-state index contributed by atoms with van der Waals surface area (Å²) >= 11 is 5.77. The predicted molar refractivity (Wildman–Crippen MR) is 63.4 cm³/mol. The van der Waals surface area contributed by atoms with Crippen LogP contribution in [0.3, 0.4) is 0 Å². The molecule has 1 aliphatic rings. The molecule has 1 atom stereocenters. The van der Waals surface area contributed by atoms with Crippen molar-refractivity contribution in [3.8, 4) is 0 Å². The second-order valence-corrected chi connectivity index (χ2v) is 4.37. The van der Waals surface area contributed by atoms with E-state index in [4.69, 9.17) is 11.6 Å². The summed E-state index contributed by atoms with van der Waals surface area (Å²) in [5, 5.41) is 10.7. The number of ketones is 1. The lowest BCUT2D eigenvalue weighted by Crippen LogP contribution is -2.14. The molecule has 0 unspecified atom stereocenters. The maximum Gasteiger partial charge on any atom is 0.161 e. The minimum absolute atomic E-state index is 0.0497. The van der Waals surface area contributed by atoms with Crippen LogP contribution in [-0.4, -0.2) is 10.9 Å². The fourth-order valence-corrected chi connectivity index (χ4v) is 1.99. The molecule has 2 rings (SSSR count). The van der Waals surface area contributed by atoms with Gasteiger partial charge < -0.3 is 5.11 Å². The number of halogens is 1. The van der Waals surface area contributed by atoms with Gasteiger partial charge in [0.1, 0.15) is 6.10 Å². The Kier molecular flexibility index (Phi) is 3.42. The Morgan fingerprint density at radius 2 is 1.94 bits per heavy atom. The van der Waals surface area contributed by atoms with Crippen molar-refractivity contribution in [2.45, 2.75) is 25.4 Å². The van der Waals surface area contributed by atoms with E-state index in [1.165, 1.54) is 0 Å². The van der Waals surface area contributed by atoms with Gasteiger partial charge in [-0.1, -0.05) is 29.8 Å². The molecule has 0 aliphatic heterocycles. The molecule has 84 valence electrons. The summed E-state index contributed by atoms with van der Waals surface area (Å²) in [6.45, 7) is 0. The van der Waals surface area contributed by atoms with Crippen LogP contribution in [-0.2, 0) is 4.79 Å². The van der Waals surface area contributed by atoms with E-state index in [1.807, 2.05) is 6.08 Å². The van der Waals surface area contributed by atoms with Gasteiger partial charge in [0.25, 0.3) is 0 Å². The maximum atomic E-state index is 11.6. The number of aliphatic hydroxyl groups is 1. The van der Waals surface area contributed by atoms with Crippen molar-refractivity contribution in [2.24, 2.45) is 0 Å². The van der Waals surface area contributed by atoms with E-state index >= 15 is 0 Å². The molecular formula is C13H13ClO2. The maximum absolute atomic E-state index is 11.6. The molecule has 0 spiro atoms. The molecule has 0 saturated heterocycles. The Morgan fingerprint density at radius 1 is 1.25 bits per heavy atom. The van der Waals surface area contributed by atoms with Gasteiger partial charge >= 0.3 is 0 Å². The minimum Gasteiger partial charge on any atom is -0.384 e. The zero-order valence-corrected chi connectivity index (χ0v) is 9.57. The third-order valence-corrected chi connectivity index (χ3v) is 3.03. The van der Waals surface area contributed by atoms with Crippen molar-refractivity contribution in [2.75, 3.05) is 0 Å². The average Bonchev–Trinajstić information content (AvgIpc) is 2.30. The summed E-state index contributed by atoms with van der Waals surface area (Å²) in [4.78, 5) is 11.6. The molecule has 16 heavy (non-hydrogen) atoms. The highest BCUT2D eigenvalue weighted by Gasteiger charge is 2.21. The third kappa shape index (κ3) is 2.34. The van der Waals surface area contributed by atoms with Crippen molar-refractivity contribution >= 4 is 17.4 Å². The molecule has 2 nitrogen and oxygen atoms in total. The van der Waals surface area contributed by atoms with Gasteiger partial charge in [0.2, 0.25) is 0 Å². The summed E-state index contributed by atoms with van der Waals surface area (Å²) in [6.07, 6.45) is 3.31. The van der Waals surface area contributed by atoms with E-state index in [-0.39, 0.29) is 5.78 Å². The van der Waals surface area contributed by atoms with E-state index in [0.29, 0.717) is 22.6 Å². The Bertz CT molecular complexity index is 420. The number of Topliss-reactive ketones (excluding diaryl/α,β-unsaturated/α-hetero) is 1. The number of carbonyl (C=O) groups excluding carboxylic acids is 1. The number of hydrogen-bond acceptors (Lipinski definition) is 2. The fraction of sp³-hybridized carbons (Fsp3) is 0.308. The number of carbonyl (C=O) groups is 1. The molecule has 1 aromatic rings. The second-order valence-electron chi connectivity index (χ2n) is 3.93. The minimum atomic E-state index is -0.815. The second kappa shape index (κ2) is 4.81. The quantitative estimate of drug-likeness (QED) is 0.857. The van der Waals surface area contributed by atoms with Crippen LogP contribution in [0.25, 0.3) is 0 Å². The van der Waals surface area contributed by atoms with E-state index in [2.05, 4.69) is 0 Å². The summed E-state index contributed by atoms with van der Waals surface area (Å²) < 4.78 is 0. The number of hydrogen-bond donors (Lipinski definition) is 1. The fourth-order valence-electron chi connectivity index (χ4n) is 1.87. The van der Waals surface area contributed by atoms with Crippen LogP contribution in [0.5, 0.6) is 0 Å². The van der Waals surface area contributed by atoms with Crippen LogP contribution < -0.4 is 0 Å². The largest absolute Gasteiger partial charge is 0.384 e. The van der Waals surface area contributed by atoms with Crippen LogP contribution in [0.1, 0.15) is 30.9 Å². The van der Waals surface area contributed by atoms with E-state index in [0.717, 1.165) is 12.8 Å². The van der Waals surface area contributed by atoms with Crippen molar-refractivity contribution in [3.05, 3.63) is 46.5 Å². The van der Waals surface area contributed by atoms with Crippen molar-refractivity contribution in [3.63, 3.8) is 0 Å². The molecule has 0 amide bonds. The first-order valence-electron chi connectivity index (χ1n) is 5.35. The van der Waals surface area contributed by atoms with Crippen LogP contribution in [0, 0.1) is 0 Å². The molecule has 0 aromatic heterocycles. The number of rotatable bonds is 2. The lowest BCUT2D eigenvalue weighted by atomic mass is 9.91. The molecule has 0 bridgehead atoms. The van der Waals surface area contributed by atoms with Gasteiger partial charge in [-0.3, -0.25) is 4.79 Å². The number of benzene rings is 1. The SMILES string of the molecule is O=C1CCCC=C1[C@@H](O)c1ccc(Cl)cc1. The highest BCUT2D eigenvalue weighted by atomic mass is 35.5. The standard InChI is InChI=1S/C13H13ClO2/c14-10-7-5-9(6-8-10)13(16)11-3-1-2-4-12(11)15/h3,5-8,13,16H,1-2,4H2/t13-/m0/s1. The Balaban J connectivity index is 2.24. The molecule has 3 heteroatoms. The molecule has 0 fully saturated rings.